The Morgan fingerprint density at radius 3 is 2.79 bits per heavy atom. The minimum absolute atomic E-state index is 0.217. The molecule has 0 bridgehead atoms. The SMILES string of the molecule is CCNC(CC)C(C)c1nc(-c2ccc(Br)s2)no1. The molecule has 0 fully saturated rings. The Labute approximate surface area is 125 Å². The van der Waals surface area contributed by atoms with Crippen LogP contribution in [0.5, 0.6) is 0 Å². The number of aromatic nitrogens is 2. The van der Waals surface area contributed by atoms with Gasteiger partial charge in [-0.15, -0.1) is 11.3 Å². The van der Waals surface area contributed by atoms with Crippen LogP contribution in [0.15, 0.2) is 20.4 Å². The molecule has 2 rings (SSSR count). The topological polar surface area (TPSA) is 51.0 Å². The van der Waals surface area contributed by atoms with Crippen LogP contribution >= 0.6 is 27.3 Å². The van der Waals surface area contributed by atoms with E-state index < -0.39 is 0 Å². The van der Waals surface area contributed by atoms with Gasteiger partial charge in [0.2, 0.25) is 11.7 Å². The summed E-state index contributed by atoms with van der Waals surface area (Å²) in [5, 5.41) is 7.52. The molecule has 2 unspecified atom stereocenters. The van der Waals surface area contributed by atoms with E-state index in [1.54, 1.807) is 11.3 Å². The first-order valence-electron chi connectivity index (χ1n) is 6.48. The quantitative estimate of drug-likeness (QED) is 0.859. The zero-order chi connectivity index (χ0) is 13.8. The number of likely N-dealkylation sites (N-methyl/N-ethyl adjacent to an activating group) is 1. The van der Waals surface area contributed by atoms with Gasteiger partial charge >= 0.3 is 0 Å². The van der Waals surface area contributed by atoms with E-state index in [0.717, 1.165) is 21.6 Å². The van der Waals surface area contributed by atoms with Crippen molar-refractivity contribution in [3.8, 4) is 10.7 Å². The Morgan fingerprint density at radius 2 is 2.21 bits per heavy atom. The second kappa shape index (κ2) is 6.63. The summed E-state index contributed by atoms with van der Waals surface area (Å²) in [6.45, 7) is 7.34. The minimum Gasteiger partial charge on any atom is -0.339 e. The third-order valence-corrected chi connectivity index (χ3v) is 4.75. The van der Waals surface area contributed by atoms with Crippen LogP contribution in [0.3, 0.4) is 0 Å². The molecule has 4 nitrogen and oxygen atoms in total. The van der Waals surface area contributed by atoms with Gasteiger partial charge in [0.05, 0.1) is 14.6 Å². The maximum atomic E-state index is 5.41. The number of hydrogen-bond acceptors (Lipinski definition) is 5. The van der Waals surface area contributed by atoms with Crippen LogP contribution < -0.4 is 5.32 Å². The van der Waals surface area contributed by atoms with Gasteiger partial charge in [0, 0.05) is 6.04 Å². The average molecular weight is 344 g/mol. The van der Waals surface area contributed by atoms with Crippen molar-refractivity contribution >= 4 is 27.3 Å². The zero-order valence-corrected chi connectivity index (χ0v) is 13.7. The highest BCUT2D eigenvalue weighted by molar-refractivity contribution is 9.11. The maximum Gasteiger partial charge on any atom is 0.231 e. The highest BCUT2D eigenvalue weighted by atomic mass is 79.9. The van der Waals surface area contributed by atoms with Crippen LogP contribution in [0, 0.1) is 0 Å². The van der Waals surface area contributed by atoms with E-state index in [-0.39, 0.29) is 5.92 Å². The summed E-state index contributed by atoms with van der Waals surface area (Å²) >= 11 is 5.05. The van der Waals surface area contributed by atoms with E-state index in [1.165, 1.54) is 0 Å². The zero-order valence-electron chi connectivity index (χ0n) is 11.3. The fourth-order valence-electron chi connectivity index (χ4n) is 2.06. The van der Waals surface area contributed by atoms with E-state index in [0.29, 0.717) is 17.8 Å². The molecule has 0 radical (unpaired) electrons. The van der Waals surface area contributed by atoms with Crippen molar-refractivity contribution in [1.82, 2.24) is 15.5 Å². The molecular weight excluding hydrogens is 326 g/mol. The normalized spacial score (nSPS) is 14.5. The Morgan fingerprint density at radius 1 is 1.42 bits per heavy atom. The van der Waals surface area contributed by atoms with Crippen LogP contribution in [0.4, 0.5) is 0 Å². The molecule has 2 aromatic rings. The molecule has 0 aliphatic heterocycles. The van der Waals surface area contributed by atoms with Gasteiger partial charge in [-0.1, -0.05) is 25.9 Å². The van der Waals surface area contributed by atoms with Crippen molar-refractivity contribution in [1.29, 1.82) is 0 Å². The molecule has 19 heavy (non-hydrogen) atoms. The Bertz CT molecular complexity index is 525. The van der Waals surface area contributed by atoms with E-state index in [9.17, 15) is 0 Å². The lowest BCUT2D eigenvalue weighted by Crippen LogP contribution is -2.33. The fraction of sp³-hybridized carbons (Fsp3) is 0.538. The molecule has 0 saturated heterocycles. The molecule has 0 aromatic carbocycles. The molecule has 1 N–H and O–H groups in total. The van der Waals surface area contributed by atoms with E-state index >= 15 is 0 Å². The number of thiophene rings is 1. The van der Waals surface area contributed by atoms with Gasteiger partial charge in [-0.05, 0) is 41.0 Å². The lowest BCUT2D eigenvalue weighted by molar-refractivity contribution is 0.321. The Hall–Kier alpha value is -0.720. The molecule has 2 heterocycles. The van der Waals surface area contributed by atoms with Crippen LogP contribution in [-0.2, 0) is 0 Å². The third-order valence-electron chi connectivity index (χ3n) is 3.13. The molecule has 104 valence electrons. The van der Waals surface area contributed by atoms with Gasteiger partial charge < -0.3 is 9.84 Å². The highest BCUT2D eigenvalue weighted by Gasteiger charge is 2.22. The Balaban J connectivity index is 2.16. The second-order valence-electron chi connectivity index (χ2n) is 4.42. The first-order valence-corrected chi connectivity index (χ1v) is 8.09. The average Bonchev–Trinajstić information content (AvgIpc) is 3.03. The Kier molecular flexibility index (Phi) is 5.13. The summed E-state index contributed by atoms with van der Waals surface area (Å²) in [4.78, 5) is 5.54. The summed E-state index contributed by atoms with van der Waals surface area (Å²) in [6, 6.07) is 4.36. The second-order valence-corrected chi connectivity index (χ2v) is 6.88. The molecule has 0 aliphatic carbocycles. The number of halogens is 1. The van der Waals surface area contributed by atoms with Gasteiger partial charge in [0.25, 0.3) is 0 Å². The lowest BCUT2D eigenvalue weighted by Gasteiger charge is -2.20. The van der Waals surface area contributed by atoms with E-state index in [1.807, 2.05) is 12.1 Å². The van der Waals surface area contributed by atoms with Crippen LogP contribution in [0.2, 0.25) is 0 Å². The lowest BCUT2D eigenvalue weighted by atomic mass is 9.99. The first-order chi connectivity index (χ1) is 9.15. The molecule has 0 aliphatic rings. The van der Waals surface area contributed by atoms with Crippen molar-refractivity contribution in [3.63, 3.8) is 0 Å². The molecule has 2 aromatic heterocycles. The fourth-order valence-corrected chi connectivity index (χ4v) is 3.38. The van der Waals surface area contributed by atoms with Crippen molar-refractivity contribution in [2.24, 2.45) is 0 Å². The predicted molar refractivity (Wildman–Crippen MR) is 81.5 cm³/mol. The molecule has 0 spiro atoms. The van der Waals surface area contributed by atoms with Crippen molar-refractivity contribution in [2.75, 3.05) is 6.54 Å². The van der Waals surface area contributed by atoms with Gasteiger partial charge in [-0.3, -0.25) is 0 Å². The van der Waals surface area contributed by atoms with Gasteiger partial charge in [0.1, 0.15) is 0 Å². The molecule has 2 atom stereocenters. The summed E-state index contributed by atoms with van der Waals surface area (Å²) in [5.74, 6) is 1.59. The summed E-state index contributed by atoms with van der Waals surface area (Å²) in [5.41, 5.74) is 0. The number of rotatable bonds is 6. The predicted octanol–water partition coefficient (Wildman–Crippen LogP) is 4.05. The number of nitrogens with one attached hydrogen (secondary N) is 1. The number of nitrogens with zero attached hydrogens (tertiary/aromatic N) is 2. The molecule has 6 heteroatoms. The standard InChI is InChI=1S/C13H18BrN3OS/c1-4-9(15-5-2)8(3)13-16-12(17-18-13)10-6-7-11(14)19-10/h6-9,15H,4-5H2,1-3H3. The van der Waals surface area contributed by atoms with Crippen molar-refractivity contribution < 1.29 is 4.52 Å². The van der Waals surface area contributed by atoms with Gasteiger partial charge in [-0.25, -0.2) is 0 Å². The third kappa shape index (κ3) is 3.43. The minimum atomic E-state index is 0.217. The van der Waals surface area contributed by atoms with Crippen molar-refractivity contribution in [2.45, 2.75) is 39.2 Å². The van der Waals surface area contributed by atoms with E-state index in [4.69, 9.17) is 4.52 Å². The highest BCUT2D eigenvalue weighted by Crippen LogP contribution is 2.30. The van der Waals surface area contributed by atoms with Crippen LogP contribution in [0.1, 0.15) is 39.0 Å². The smallest absolute Gasteiger partial charge is 0.231 e. The molecule has 0 saturated carbocycles. The molecule has 0 amide bonds. The van der Waals surface area contributed by atoms with Gasteiger partial charge in [-0.2, -0.15) is 4.98 Å². The summed E-state index contributed by atoms with van der Waals surface area (Å²) in [7, 11) is 0. The first kappa shape index (κ1) is 14.7. The van der Waals surface area contributed by atoms with Crippen LogP contribution in [0.25, 0.3) is 10.7 Å². The number of hydrogen-bond donors (Lipinski definition) is 1. The largest absolute Gasteiger partial charge is 0.339 e. The van der Waals surface area contributed by atoms with Crippen molar-refractivity contribution in [3.05, 3.63) is 21.8 Å². The van der Waals surface area contributed by atoms with Gasteiger partial charge in [0.15, 0.2) is 0 Å². The summed E-state index contributed by atoms with van der Waals surface area (Å²) in [6.07, 6.45) is 1.04. The summed E-state index contributed by atoms with van der Waals surface area (Å²) < 4.78 is 6.48. The maximum absolute atomic E-state index is 5.41. The van der Waals surface area contributed by atoms with E-state index in [2.05, 4.69) is 52.2 Å². The van der Waals surface area contributed by atoms with Crippen LogP contribution in [-0.4, -0.2) is 22.7 Å². The monoisotopic (exact) mass is 343 g/mol. The molecular formula is C13H18BrN3OS.